The summed E-state index contributed by atoms with van der Waals surface area (Å²) in [7, 11) is 0. The van der Waals surface area contributed by atoms with Gasteiger partial charge in [-0.05, 0) is 25.7 Å². The topological polar surface area (TPSA) is 55.1 Å². The standard InChI is InChI=1S/C11H22N2O/c1-4-10(2,3)9(14)13-11(8-12)6-5-7-11/h4-8,12H2,1-3H3,(H,13,14). The minimum Gasteiger partial charge on any atom is -0.349 e. The number of nitrogens with two attached hydrogens (primary N) is 1. The third-order valence-corrected chi connectivity index (χ3v) is 3.58. The highest BCUT2D eigenvalue weighted by atomic mass is 16.2. The fraction of sp³-hybridized carbons (Fsp3) is 0.909. The van der Waals surface area contributed by atoms with Gasteiger partial charge < -0.3 is 11.1 Å². The zero-order valence-electron chi connectivity index (χ0n) is 9.52. The molecule has 0 bridgehead atoms. The monoisotopic (exact) mass is 198 g/mol. The Bertz CT molecular complexity index is 214. The number of hydrogen-bond donors (Lipinski definition) is 2. The van der Waals surface area contributed by atoms with Crippen LogP contribution in [-0.2, 0) is 4.79 Å². The average Bonchev–Trinajstić information content (AvgIpc) is 2.10. The number of nitrogens with one attached hydrogen (secondary N) is 1. The van der Waals surface area contributed by atoms with E-state index in [-0.39, 0.29) is 16.9 Å². The molecule has 1 fully saturated rings. The molecule has 0 saturated heterocycles. The molecule has 0 atom stereocenters. The van der Waals surface area contributed by atoms with E-state index in [0.29, 0.717) is 6.54 Å². The Labute approximate surface area is 86.4 Å². The molecule has 0 unspecified atom stereocenters. The van der Waals surface area contributed by atoms with E-state index in [1.165, 1.54) is 6.42 Å². The van der Waals surface area contributed by atoms with Crippen LogP contribution in [-0.4, -0.2) is 18.0 Å². The largest absolute Gasteiger partial charge is 0.349 e. The Balaban J connectivity index is 2.55. The summed E-state index contributed by atoms with van der Waals surface area (Å²) in [6.07, 6.45) is 4.12. The smallest absolute Gasteiger partial charge is 0.226 e. The van der Waals surface area contributed by atoms with E-state index in [9.17, 15) is 4.79 Å². The van der Waals surface area contributed by atoms with Crippen LogP contribution >= 0.6 is 0 Å². The van der Waals surface area contributed by atoms with Crippen LogP contribution in [0.4, 0.5) is 0 Å². The maximum Gasteiger partial charge on any atom is 0.226 e. The summed E-state index contributed by atoms with van der Waals surface area (Å²) in [6.45, 7) is 6.56. The van der Waals surface area contributed by atoms with Crippen molar-refractivity contribution in [2.45, 2.75) is 52.0 Å². The van der Waals surface area contributed by atoms with Crippen LogP contribution in [0.5, 0.6) is 0 Å². The van der Waals surface area contributed by atoms with Crippen molar-refractivity contribution in [3.05, 3.63) is 0 Å². The second kappa shape index (κ2) is 3.89. The number of hydrogen-bond acceptors (Lipinski definition) is 2. The van der Waals surface area contributed by atoms with Crippen molar-refractivity contribution in [3.8, 4) is 0 Å². The Morgan fingerprint density at radius 1 is 1.50 bits per heavy atom. The van der Waals surface area contributed by atoms with Crippen LogP contribution in [0.3, 0.4) is 0 Å². The first-order valence-corrected chi connectivity index (χ1v) is 5.48. The lowest BCUT2D eigenvalue weighted by atomic mass is 9.75. The Morgan fingerprint density at radius 3 is 2.36 bits per heavy atom. The molecule has 0 aromatic heterocycles. The van der Waals surface area contributed by atoms with Crippen LogP contribution in [0.25, 0.3) is 0 Å². The van der Waals surface area contributed by atoms with Gasteiger partial charge in [0.1, 0.15) is 0 Å². The van der Waals surface area contributed by atoms with Crippen molar-refractivity contribution in [1.82, 2.24) is 5.32 Å². The predicted octanol–water partition coefficient (Wildman–Crippen LogP) is 1.42. The highest BCUT2D eigenvalue weighted by Gasteiger charge is 2.39. The number of amides is 1. The van der Waals surface area contributed by atoms with Gasteiger partial charge in [-0.3, -0.25) is 4.79 Å². The molecule has 3 nitrogen and oxygen atoms in total. The summed E-state index contributed by atoms with van der Waals surface area (Å²) in [5.41, 5.74) is 5.34. The third-order valence-electron chi connectivity index (χ3n) is 3.58. The first kappa shape index (κ1) is 11.5. The molecule has 0 aromatic rings. The van der Waals surface area contributed by atoms with E-state index in [0.717, 1.165) is 19.3 Å². The van der Waals surface area contributed by atoms with Crippen LogP contribution < -0.4 is 11.1 Å². The van der Waals surface area contributed by atoms with Crippen molar-refractivity contribution < 1.29 is 4.79 Å². The summed E-state index contributed by atoms with van der Waals surface area (Å²) in [4.78, 5) is 11.9. The van der Waals surface area contributed by atoms with Gasteiger partial charge in [0.05, 0.1) is 5.54 Å². The normalized spacial score (nSPS) is 20.0. The molecule has 1 amide bonds. The molecule has 82 valence electrons. The Kier molecular flexibility index (Phi) is 3.20. The van der Waals surface area contributed by atoms with Crippen molar-refractivity contribution in [3.63, 3.8) is 0 Å². The second-order valence-electron chi connectivity index (χ2n) is 5.03. The molecule has 1 aliphatic carbocycles. The van der Waals surface area contributed by atoms with Crippen molar-refractivity contribution in [2.75, 3.05) is 6.54 Å². The Hall–Kier alpha value is -0.570. The van der Waals surface area contributed by atoms with E-state index in [1.807, 2.05) is 20.8 Å². The van der Waals surface area contributed by atoms with Gasteiger partial charge >= 0.3 is 0 Å². The van der Waals surface area contributed by atoms with Gasteiger partial charge in [-0.1, -0.05) is 20.8 Å². The van der Waals surface area contributed by atoms with Gasteiger partial charge in [-0.15, -0.1) is 0 Å². The molecular formula is C11H22N2O. The Morgan fingerprint density at radius 2 is 2.07 bits per heavy atom. The van der Waals surface area contributed by atoms with E-state index < -0.39 is 0 Å². The molecule has 14 heavy (non-hydrogen) atoms. The lowest BCUT2D eigenvalue weighted by molar-refractivity contribution is -0.132. The maximum absolute atomic E-state index is 11.9. The van der Waals surface area contributed by atoms with E-state index in [1.54, 1.807) is 0 Å². The first-order chi connectivity index (χ1) is 6.46. The summed E-state index contributed by atoms with van der Waals surface area (Å²) in [5, 5.41) is 3.11. The first-order valence-electron chi connectivity index (χ1n) is 5.48. The summed E-state index contributed by atoms with van der Waals surface area (Å²) in [6, 6.07) is 0. The summed E-state index contributed by atoms with van der Waals surface area (Å²) >= 11 is 0. The van der Waals surface area contributed by atoms with Crippen LogP contribution in [0.2, 0.25) is 0 Å². The van der Waals surface area contributed by atoms with Crippen LogP contribution in [0.15, 0.2) is 0 Å². The van der Waals surface area contributed by atoms with Gasteiger partial charge in [0.25, 0.3) is 0 Å². The van der Waals surface area contributed by atoms with Gasteiger partial charge in [0.2, 0.25) is 5.91 Å². The minimum absolute atomic E-state index is 0.0798. The summed E-state index contributed by atoms with van der Waals surface area (Å²) in [5.74, 6) is 0.144. The van der Waals surface area contributed by atoms with E-state index >= 15 is 0 Å². The lowest BCUT2D eigenvalue weighted by Gasteiger charge is -2.43. The molecule has 0 heterocycles. The van der Waals surface area contributed by atoms with Crippen molar-refractivity contribution in [2.24, 2.45) is 11.1 Å². The predicted molar refractivity (Wildman–Crippen MR) is 57.9 cm³/mol. The lowest BCUT2D eigenvalue weighted by Crippen LogP contribution is -2.60. The molecule has 0 aromatic carbocycles. The SMILES string of the molecule is CCC(C)(C)C(=O)NC1(CN)CCC1. The highest BCUT2D eigenvalue weighted by Crippen LogP contribution is 2.32. The molecule has 0 radical (unpaired) electrons. The van der Waals surface area contributed by atoms with Gasteiger partial charge in [-0.2, -0.15) is 0 Å². The fourth-order valence-corrected chi connectivity index (χ4v) is 1.55. The van der Waals surface area contributed by atoms with Gasteiger partial charge in [0, 0.05) is 12.0 Å². The van der Waals surface area contributed by atoms with Crippen molar-refractivity contribution >= 4 is 5.91 Å². The van der Waals surface area contributed by atoms with Gasteiger partial charge in [-0.25, -0.2) is 0 Å². The quantitative estimate of drug-likeness (QED) is 0.718. The molecule has 3 heteroatoms. The third kappa shape index (κ3) is 2.08. The molecular weight excluding hydrogens is 176 g/mol. The second-order valence-corrected chi connectivity index (χ2v) is 5.03. The number of rotatable bonds is 4. The molecule has 0 spiro atoms. The minimum atomic E-state index is -0.266. The molecule has 0 aliphatic heterocycles. The van der Waals surface area contributed by atoms with Crippen LogP contribution in [0, 0.1) is 5.41 Å². The zero-order valence-corrected chi connectivity index (χ0v) is 9.52. The molecule has 1 saturated carbocycles. The van der Waals surface area contributed by atoms with Crippen molar-refractivity contribution in [1.29, 1.82) is 0 Å². The molecule has 1 rings (SSSR count). The molecule has 3 N–H and O–H groups in total. The van der Waals surface area contributed by atoms with E-state index in [2.05, 4.69) is 5.32 Å². The fourth-order valence-electron chi connectivity index (χ4n) is 1.55. The molecule has 1 aliphatic rings. The van der Waals surface area contributed by atoms with Crippen LogP contribution in [0.1, 0.15) is 46.5 Å². The highest BCUT2D eigenvalue weighted by molar-refractivity contribution is 5.82. The average molecular weight is 198 g/mol. The summed E-state index contributed by atoms with van der Waals surface area (Å²) < 4.78 is 0. The van der Waals surface area contributed by atoms with Gasteiger partial charge in [0.15, 0.2) is 0 Å². The zero-order chi connectivity index (χ0) is 10.8. The maximum atomic E-state index is 11.9. The van der Waals surface area contributed by atoms with E-state index in [4.69, 9.17) is 5.73 Å². The number of carbonyl (C=O) groups is 1. The number of carbonyl (C=O) groups excluding carboxylic acids is 1.